The summed E-state index contributed by atoms with van der Waals surface area (Å²) in [4.78, 5) is 13.7. The Bertz CT molecular complexity index is 277. The minimum atomic E-state index is -1.33. The van der Waals surface area contributed by atoms with Crippen LogP contribution in [0, 0.1) is 0 Å². The number of rotatable bonds is 2. The molecule has 12 heavy (non-hydrogen) atoms. The molecule has 1 aromatic heterocycles. The molecule has 0 amide bonds. The fraction of sp³-hybridized carbons (Fsp3) is 0.143. The number of carbonyl (C=O) groups excluding carboxylic acids is 1. The minimum absolute atomic E-state index is 0. The van der Waals surface area contributed by atoms with E-state index in [0.29, 0.717) is 5.56 Å². The standard InChI is InChI=1S/C7H7NO3.Li/c9-4-5-1-2-8-6(3-5)7(10)11;/h1-3,9H,4H2,(H,10,11);/q;+1/p-1. The molecule has 0 aliphatic rings. The first kappa shape index (κ1) is 11.2. The van der Waals surface area contributed by atoms with E-state index in [1.54, 1.807) is 0 Å². The second-order valence-electron chi connectivity index (χ2n) is 1.99. The van der Waals surface area contributed by atoms with Gasteiger partial charge in [-0.25, -0.2) is 0 Å². The van der Waals surface area contributed by atoms with Crippen molar-refractivity contribution >= 4 is 5.97 Å². The SMILES string of the molecule is O=C([O-])c1cc(CO)ccn1.[Li+]. The van der Waals surface area contributed by atoms with Crippen molar-refractivity contribution in [1.82, 2.24) is 4.98 Å². The molecule has 0 spiro atoms. The van der Waals surface area contributed by atoms with Crippen LogP contribution in [0.4, 0.5) is 0 Å². The number of carboxylic acids is 1. The summed E-state index contributed by atoms with van der Waals surface area (Å²) < 4.78 is 0. The molecule has 0 fully saturated rings. The molecule has 1 rings (SSSR count). The van der Waals surface area contributed by atoms with E-state index in [2.05, 4.69) is 4.98 Å². The summed E-state index contributed by atoms with van der Waals surface area (Å²) in [5.74, 6) is -1.33. The molecule has 5 heteroatoms. The van der Waals surface area contributed by atoms with Crippen molar-refractivity contribution < 1.29 is 33.9 Å². The molecule has 0 radical (unpaired) electrons. The van der Waals surface area contributed by atoms with E-state index in [4.69, 9.17) is 5.11 Å². The molecule has 0 aliphatic heterocycles. The Balaban J connectivity index is 0.00000121. The number of aliphatic hydroxyl groups is 1. The number of pyridine rings is 1. The largest absolute Gasteiger partial charge is 1.00 e. The zero-order valence-corrected chi connectivity index (χ0v) is 6.65. The maximum Gasteiger partial charge on any atom is 1.00 e. The summed E-state index contributed by atoms with van der Waals surface area (Å²) in [5.41, 5.74) is 0.357. The monoisotopic (exact) mass is 159 g/mol. The van der Waals surface area contributed by atoms with Gasteiger partial charge in [0.15, 0.2) is 0 Å². The van der Waals surface area contributed by atoms with E-state index in [9.17, 15) is 9.90 Å². The van der Waals surface area contributed by atoms with Gasteiger partial charge in [-0.2, -0.15) is 0 Å². The molecule has 1 heterocycles. The third-order valence-corrected chi connectivity index (χ3v) is 1.22. The molecular weight excluding hydrogens is 153 g/mol. The maximum absolute atomic E-state index is 10.2. The number of aromatic carboxylic acids is 1. The average Bonchev–Trinajstić information content (AvgIpc) is 2.05. The maximum atomic E-state index is 10.2. The molecule has 0 saturated carbocycles. The Kier molecular flexibility index (Phi) is 4.60. The summed E-state index contributed by atoms with van der Waals surface area (Å²) in [7, 11) is 0. The van der Waals surface area contributed by atoms with Gasteiger partial charge in [-0.05, 0) is 17.7 Å². The number of aromatic nitrogens is 1. The van der Waals surface area contributed by atoms with Crippen LogP contribution >= 0.6 is 0 Å². The number of hydrogen-bond acceptors (Lipinski definition) is 4. The number of nitrogens with zero attached hydrogens (tertiary/aromatic N) is 1. The van der Waals surface area contributed by atoms with Gasteiger partial charge in [-0.3, -0.25) is 4.98 Å². The fourth-order valence-corrected chi connectivity index (χ4v) is 0.684. The van der Waals surface area contributed by atoms with Crippen molar-refractivity contribution in [2.75, 3.05) is 0 Å². The van der Waals surface area contributed by atoms with Crippen LogP contribution in [-0.4, -0.2) is 16.1 Å². The number of carboxylic acid groups (broad SMARTS) is 1. The van der Waals surface area contributed by atoms with Gasteiger partial charge in [-0.15, -0.1) is 0 Å². The van der Waals surface area contributed by atoms with Gasteiger partial charge in [0.2, 0.25) is 0 Å². The molecule has 0 atom stereocenters. The van der Waals surface area contributed by atoms with E-state index < -0.39 is 5.97 Å². The van der Waals surface area contributed by atoms with Gasteiger partial charge in [0, 0.05) is 6.20 Å². The van der Waals surface area contributed by atoms with E-state index >= 15 is 0 Å². The van der Waals surface area contributed by atoms with Crippen LogP contribution in [0.15, 0.2) is 18.3 Å². The van der Waals surface area contributed by atoms with Crippen molar-refractivity contribution in [2.24, 2.45) is 0 Å². The van der Waals surface area contributed by atoms with Gasteiger partial charge in [0.05, 0.1) is 18.3 Å². The number of aliphatic hydroxyl groups excluding tert-OH is 1. The average molecular weight is 159 g/mol. The predicted molar refractivity (Wildman–Crippen MR) is 34.5 cm³/mol. The summed E-state index contributed by atoms with van der Waals surface area (Å²) in [6.45, 7) is -0.192. The summed E-state index contributed by atoms with van der Waals surface area (Å²) in [5, 5.41) is 18.8. The van der Waals surface area contributed by atoms with Crippen LogP contribution in [0.1, 0.15) is 16.1 Å². The fourth-order valence-electron chi connectivity index (χ4n) is 0.684. The zero-order valence-electron chi connectivity index (χ0n) is 6.65. The second kappa shape index (κ2) is 4.94. The van der Waals surface area contributed by atoms with Crippen molar-refractivity contribution in [2.45, 2.75) is 6.61 Å². The summed E-state index contributed by atoms with van der Waals surface area (Å²) >= 11 is 0. The van der Waals surface area contributed by atoms with Crippen molar-refractivity contribution in [3.8, 4) is 0 Å². The van der Waals surface area contributed by atoms with Gasteiger partial charge in [-0.1, -0.05) is 0 Å². The quantitative estimate of drug-likeness (QED) is 0.445. The normalized spacial score (nSPS) is 8.75. The van der Waals surface area contributed by atoms with Crippen molar-refractivity contribution in [1.29, 1.82) is 0 Å². The molecule has 1 N–H and O–H groups in total. The molecule has 0 saturated heterocycles. The van der Waals surface area contributed by atoms with Gasteiger partial charge < -0.3 is 15.0 Å². The van der Waals surface area contributed by atoms with E-state index in [-0.39, 0.29) is 31.2 Å². The van der Waals surface area contributed by atoms with Crippen LogP contribution in [0.25, 0.3) is 0 Å². The summed E-state index contributed by atoms with van der Waals surface area (Å²) in [6, 6.07) is 2.81. The molecule has 58 valence electrons. The molecule has 4 nitrogen and oxygen atoms in total. The van der Waals surface area contributed by atoms with Crippen LogP contribution in [0.5, 0.6) is 0 Å². The minimum Gasteiger partial charge on any atom is -0.543 e. The van der Waals surface area contributed by atoms with Crippen LogP contribution in [-0.2, 0) is 6.61 Å². The third kappa shape index (κ3) is 2.66. The van der Waals surface area contributed by atoms with Crippen LogP contribution in [0.3, 0.4) is 0 Å². The number of carbonyl (C=O) groups is 1. The summed E-state index contributed by atoms with van der Waals surface area (Å²) in [6.07, 6.45) is 1.32. The molecule has 0 aliphatic carbocycles. The van der Waals surface area contributed by atoms with Gasteiger partial charge in [0.1, 0.15) is 0 Å². The number of hydrogen-bond donors (Lipinski definition) is 1. The molecule has 0 unspecified atom stereocenters. The van der Waals surface area contributed by atoms with E-state index in [0.717, 1.165) is 0 Å². The Labute approximate surface area is 81.4 Å². The second-order valence-corrected chi connectivity index (χ2v) is 1.99. The Morgan fingerprint density at radius 2 is 2.33 bits per heavy atom. The Morgan fingerprint density at radius 1 is 1.67 bits per heavy atom. The van der Waals surface area contributed by atoms with Crippen molar-refractivity contribution in [3.05, 3.63) is 29.6 Å². The molecule has 1 aromatic rings. The first-order valence-electron chi connectivity index (χ1n) is 3.01. The Morgan fingerprint density at radius 3 is 2.83 bits per heavy atom. The smallest absolute Gasteiger partial charge is 0.543 e. The van der Waals surface area contributed by atoms with Crippen molar-refractivity contribution in [3.63, 3.8) is 0 Å². The molecular formula is C7H6LiNO3. The van der Waals surface area contributed by atoms with E-state index in [1.807, 2.05) is 0 Å². The van der Waals surface area contributed by atoms with E-state index in [1.165, 1.54) is 18.3 Å². The molecule has 0 aromatic carbocycles. The zero-order chi connectivity index (χ0) is 8.27. The first-order valence-corrected chi connectivity index (χ1v) is 3.01. The third-order valence-electron chi connectivity index (χ3n) is 1.22. The Hall–Kier alpha value is -0.823. The van der Waals surface area contributed by atoms with Crippen LogP contribution in [0.2, 0.25) is 0 Å². The first-order chi connectivity index (χ1) is 5.24. The topological polar surface area (TPSA) is 73.2 Å². The molecule has 0 bridgehead atoms. The van der Waals surface area contributed by atoms with Gasteiger partial charge >= 0.3 is 18.9 Å². The predicted octanol–water partition coefficient (Wildman–Crippen LogP) is -4.06. The van der Waals surface area contributed by atoms with Gasteiger partial charge in [0.25, 0.3) is 0 Å². The van der Waals surface area contributed by atoms with Crippen LogP contribution < -0.4 is 24.0 Å².